The molecule has 0 N–H and O–H groups in total. The van der Waals surface area contributed by atoms with Crippen LogP contribution in [0.15, 0.2) is 0 Å². The van der Waals surface area contributed by atoms with Gasteiger partial charge in [-0.3, -0.25) is 9.59 Å². The van der Waals surface area contributed by atoms with Crippen LogP contribution in [0.5, 0.6) is 0 Å². The minimum absolute atomic E-state index is 0.104. The lowest BCUT2D eigenvalue weighted by molar-refractivity contribution is -0.136. The van der Waals surface area contributed by atoms with E-state index >= 15 is 0 Å². The van der Waals surface area contributed by atoms with Gasteiger partial charge in [0.25, 0.3) is 0 Å². The number of nitrogens with zero attached hydrogens (tertiary/aromatic N) is 1. The van der Waals surface area contributed by atoms with E-state index in [-0.39, 0.29) is 17.7 Å². The zero-order valence-corrected chi connectivity index (χ0v) is 7.67. The lowest BCUT2D eigenvalue weighted by Crippen LogP contribution is -2.39. The Morgan fingerprint density at radius 3 is 2.67 bits per heavy atom. The topological polar surface area (TPSA) is 37.4 Å². The number of ketones is 1. The second kappa shape index (κ2) is 3.70. The highest BCUT2D eigenvalue weighted by molar-refractivity contribution is 5.87. The van der Waals surface area contributed by atoms with Crippen LogP contribution in [0.2, 0.25) is 0 Å². The van der Waals surface area contributed by atoms with Crippen molar-refractivity contribution in [2.24, 2.45) is 0 Å². The second-order valence-corrected chi connectivity index (χ2v) is 3.21. The molecule has 0 radical (unpaired) electrons. The van der Waals surface area contributed by atoms with Crippen molar-refractivity contribution >= 4 is 11.7 Å². The van der Waals surface area contributed by atoms with Gasteiger partial charge < -0.3 is 4.90 Å². The number of hydrogen-bond acceptors (Lipinski definition) is 2. The maximum absolute atomic E-state index is 11.3. The van der Waals surface area contributed by atoms with Crippen LogP contribution in [0.3, 0.4) is 0 Å². The van der Waals surface area contributed by atoms with E-state index < -0.39 is 0 Å². The minimum atomic E-state index is -0.127. The van der Waals surface area contributed by atoms with E-state index in [9.17, 15) is 9.59 Å². The third kappa shape index (κ3) is 1.65. The molecule has 1 aliphatic rings. The van der Waals surface area contributed by atoms with Crippen molar-refractivity contribution in [1.29, 1.82) is 0 Å². The zero-order chi connectivity index (χ0) is 9.14. The van der Waals surface area contributed by atoms with Gasteiger partial charge in [0, 0.05) is 13.0 Å². The summed E-state index contributed by atoms with van der Waals surface area (Å²) in [7, 11) is 0. The number of Topliss-reactive ketones (excluding diaryl/α,β-unsaturated/α-hetero) is 1. The Morgan fingerprint density at radius 1 is 1.50 bits per heavy atom. The molecule has 0 unspecified atom stereocenters. The fraction of sp³-hybridized carbons (Fsp3) is 0.778. The predicted octanol–water partition coefficient (Wildman–Crippen LogP) is 0.976. The monoisotopic (exact) mass is 169 g/mol. The van der Waals surface area contributed by atoms with Gasteiger partial charge in [0.1, 0.15) is 0 Å². The Balaban J connectivity index is 2.63. The SMILES string of the molecule is CCC(=O)N1CCC[C@H]1C(C)=O. The molecule has 0 aromatic rings. The number of carbonyl (C=O) groups is 2. The predicted molar refractivity (Wildman–Crippen MR) is 45.7 cm³/mol. The summed E-state index contributed by atoms with van der Waals surface area (Å²) in [5.41, 5.74) is 0. The third-order valence-corrected chi connectivity index (χ3v) is 2.34. The summed E-state index contributed by atoms with van der Waals surface area (Å²) in [6.45, 7) is 4.15. The molecule has 0 bridgehead atoms. The van der Waals surface area contributed by atoms with Crippen molar-refractivity contribution in [2.45, 2.75) is 39.2 Å². The van der Waals surface area contributed by atoms with Gasteiger partial charge in [-0.15, -0.1) is 0 Å². The van der Waals surface area contributed by atoms with Crippen LogP contribution in [0.1, 0.15) is 33.1 Å². The molecular weight excluding hydrogens is 154 g/mol. The molecule has 1 heterocycles. The highest BCUT2D eigenvalue weighted by Gasteiger charge is 2.30. The van der Waals surface area contributed by atoms with E-state index in [1.807, 2.05) is 6.92 Å². The van der Waals surface area contributed by atoms with E-state index in [1.54, 1.807) is 11.8 Å². The molecule has 3 heteroatoms. The highest BCUT2D eigenvalue weighted by atomic mass is 16.2. The van der Waals surface area contributed by atoms with Crippen LogP contribution >= 0.6 is 0 Å². The summed E-state index contributed by atoms with van der Waals surface area (Å²) in [6.07, 6.45) is 2.32. The highest BCUT2D eigenvalue weighted by Crippen LogP contribution is 2.18. The van der Waals surface area contributed by atoms with E-state index in [0.717, 1.165) is 19.4 Å². The Hall–Kier alpha value is -0.860. The molecule has 12 heavy (non-hydrogen) atoms. The molecule has 0 aromatic heterocycles. The van der Waals surface area contributed by atoms with Crippen LogP contribution in [-0.4, -0.2) is 29.2 Å². The second-order valence-electron chi connectivity index (χ2n) is 3.21. The molecule has 0 saturated carbocycles. The van der Waals surface area contributed by atoms with E-state index in [1.165, 1.54) is 0 Å². The summed E-state index contributed by atoms with van der Waals surface area (Å²) in [5.74, 6) is 0.224. The largest absolute Gasteiger partial charge is 0.333 e. The number of likely N-dealkylation sites (tertiary alicyclic amines) is 1. The van der Waals surface area contributed by atoms with Gasteiger partial charge in [0.05, 0.1) is 6.04 Å². The van der Waals surface area contributed by atoms with Crippen molar-refractivity contribution < 1.29 is 9.59 Å². The first-order valence-electron chi connectivity index (χ1n) is 4.46. The number of rotatable bonds is 2. The first-order valence-corrected chi connectivity index (χ1v) is 4.46. The van der Waals surface area contributed by atoms with Crippen LogP contribution in [-0.2, 0) is 9.59 Å². The van der Waals surface area contributed by atoms with Crippen LogP contribution in [0, 0.1) is 0 Å². The Kier molecular flexibility index (Phi) is 2.84. The van der Waals surface area contributed by atoms with Gasteiger partial charge >= 0.3 is 0 Å². The molecule has 0 aliphatic carbocycles. The molecule has 0 spiro atoms. The van der Waals surface area contributed by atoms with Gasteiger partial charge in [-0.2, -0.15) is 0 Å². The average molecular weight is 169 g/mol. The first-order chi connectivity index (χ1) is 5.66. The van der Waals surface area contributed by atoms with Crippen LogP contribution in [0.4, 0.5) is 0 Å². The molecule has 1 amide bonds. The fourth-order valence-electron chi connectivity index (χ4n) is 1.69. The molecule has 68 valence electrons. The molecule has 1 rings (SSSR count). The van der Waals surface area contributed by atoms with Crippen molar-refractivity contribution in [3.8, 4) is 0 Å². The maximum Gasteiger partial charge on any atom is 0.222 e. The average Bonchev–Trinajstić information content (AvgIpc) is 2.50. The van der Waals surface area contributed by atoms with E-state index in [4.69, 9.17) is 0 Å². The summed E-state index contributed by atoms with van der Waals surface area (Å²) in [4.78, 5) is 24.1. The van der Waals surface area contributed by atoms with Gasteiger partial charge in [-0.1, -0.05) is 6.92 Å². The zero-order valence-electron chi connectivity index (χ0n) is 7.67. The Bertz CT molecular complexity index is 201. The molecule has 1 fully saturated rings. The molecule has 1 atom stereocenters. The van der Waals surface area contributed by atoms with Gasteiger partial charge in [-0.05, 0) is 19.8 Å². The number of carbonyl (C=O) groups excluding carboxylic acids is 2. The molecule has 0 aromatic carbocycles. The van der Waals surface area contributed by atoms with Crippen molar-refractivity contribution in [3.63, 3.8) is 0 Å². The number of hydrogen-bond donors (Lipinski definition) is 0. The maximum atomic E-state index is 11.3. The summed E-state index contributed by atoms with van der Waals surface area (Å²) >= 11 is 0. The van der Waals surface area contributed by atoms with E-state index in [2.05, 4.69) is 0 Å². The minimum Gasteiger partial charge on any atom is -0.333 e. The lowest BCUT2D eigenvalue weighted by atomic mass is 10.1. The smallest absolute Gasteiger partial charge is 0.222 e. The van der Waals surface area contributed by atoms with Crippen LogP contribution < -0.4 is 0 Å². The molecule has 3 nitrogen and oxygen atoms in total. The lowest BCUT2D eigenvalue weighted by Gasteiger charge is -2.21. The van der Waals surface area contributed by atoms with Crippen molar-refractivity contribution in [1.82, 2.24) is 4.90 Å². The summed E-state index contributed by atoms with van der Waals surface area (Å²) in [6, 6.07) is -0.127. The molecular formula is C9H15NO2. The third-order valence-electron chi connectivity index (χ3n) is 2.34. The van der Waals surface area contributed by atoms with Gasteiger partial charge in [0.15, 0.2) is 5.78 Å². The van der Waals surface area contributed by atoms with Crippen LogP contribution in [0.25, 0.3) is 0 Å². The van der Waals surface area contributed by atoms with Gasteiger partial charge in [0.2, 0.25) is 5.91 Å². The van der Waals surface area contributed by atoms with Crippen molar-refractivity contribution in [3.05, 3.63) is 0 Å². The Morgan fingerprint density at radius 2 is 2.17 bits per heavy atom. The normalized spacial score (nSPS) is 22.8. The summed E-state index contributed by atoms with van der Waals surface area (Å²) in [5, 5.41) is 0. The quantitative estimate of drug-likeness (QED) is 0.618. The van der Waals surface area contributed by atoms with E-state index in [0.29, 0.717) is 6.42 Å². The van der Waals surface area contributed by atoms with Crippen molar-refractivity contribution in [2.75, 3.05) is 6.54 Å². The number of amides is 1. The van der Waals surface area contributed by atoms with Gasteiger partial charge in [-0.25, -0.2) is 0 Å². The summed E-state index contributed by atoms with van der Waals surface area (Å²) < 4.78 is 0. The standard InChI is InChI=1S/C9H15NO2/c1-3-9(12)10-6-4-5-8(10)7(2)11/h8H,3-6H2,1-2H3/t8-/m0/s1. The molecule has 1 saturated heterocycles. The first kappa shape index (κ1) is 9.23. The Labute approximate surface area is 72.7 Å². The fourth-order valence-corrected chi connectivity index (χ4v) is 1.69. The molecule has 1 aliphatic heterocycles.